The highest BCUT2D eigenvalue weighted by atomic mass is 35.5. The highest BCUT2D eigenvalue weighted by Crippen LogP contribution is 2.28. The van der Waals surface area contributed by atoms with Crippen LogP contribution in [0.25, 0.3) is 6.08 Å². The van der Waals surface area contributed by atoms with Crippen molar-refractivity contribution in [1.29, 1.82) is 0 Å². The van der Waals surface area contributed by atoms with Crippen LogP contribution in [0.2, 0.25) is 5.02 Å². The predicted octanol–water partition coefficient (Wildman–Crippen LogP) is 4.16. The molecule has 0 aromatic heterocycles. The molecule has 0 radical (unpaired) electrons. The smallest absolute Gasteiger partial charge is 0.328 e. The van der Waals surface area contributed by atoms with E-state index in [2.05, 4.69) is 0 Å². The van der Waals surface area contributed by atoms with Crippen LogP contribution >= 0.6 is 11.6 Å². The molecule has 2 aromatic rings. The lowest BCUT2D eigenvalue weighted by Crippen LogP contribution is -1.98. The molecule has 0 saturated carbocycles. The van der Waals surface area contributed by atoms with Gasteiger partial charge in [-0.3, -0.25) is 0 Å². The molecule has 3 nitrogen and oxygen atoms in total. The van der Waals surface area contributed by atoms with Gasteiger partial charge < -0.3 is 9.84 Å². The van der Waals surface area contributed by atoms with Crippen molar-refractivity contribution in [2.75, 3.05) is 0 Å². The van der Waals surface area contributed by atoms with Crippen molar-refractivity contribution < 1.29 is 19.0 Å². The maximum Gasteiger partial charge on any atom is 0.328 e. The number of carboxylic acids is 1. The number of aliphatic carboxylic acids is 1. The van der Waals surface area contributed by atoms with E-state index in [4.69, 9.17) is 21.4 Å². The van der Waals surface area contributed by atoms with E-state index >= 15 is 0 Å². The first kappa shape index (κ1) is 15.1. The van der Waals surface area contributed by atoms with Crippen molar-refractivity contribution in [3.8, 4) is 5.75 Å². The highest BCUT2D eigenvalue weighted by Gasteiger charge is 2.06. The first-order valence-corrected chi connectivity index (χ1v) is 6.51. The lowest BCUT2D eigenvalue weighted by atomic mass is 10.2. The van der Waals surface area contributed by atoms with Crippen LogP contribution in [0.1, 0.15) is 11.1 Å². The molecule has 0 spiro atoms. The zero-order valence-corrected chi connectivity index (χ0v) is 11.7. The van der Waals surface area contributed by atoms with Crippen molar-refractivity contribution in [3.05, 3.63) is 70.5 Å². The zero-order valence-electron chi connectivity index (χ0n) is 10.9. The summed E-state index contributed by atoms with van der Waals surface area (Å²) in [4.78, 5) is 10.6. The molecule has 108 valence electrons. The molecule has 2 aromatic carbocycles. The van der Waals surface area contributed by atoms with E-state index in [1.807, 2.05) is 0 Å². The highest BCUT2D eigenvalue weighted by molar-refractivity contribution is 6.32. The van der Waals surface area contributed by atoms with Crippen LogP contribution in [0.15, 0.2) is 48.5 Å². The summed E-state index contributed by atoms with van der Waals surface area (Å²) in [6.45, 7) is 0.159. The monoisotopic (exact) mass is 306 g/mol. The van der Waals surface area contributed by atoms with Gasteiger partial charge in [0.25, 0.3) is 0 Å². The minimum atomic E-state index is -1.08. The Morgan fingerprint density at radius 2 is 2.05 bits per heavy atom. The number of rotatable bonds is 5. The standard InChI is InChI=1S/C16H12ClFO3/c17-14-5-2-6-15(13(14)7-8-16(19)20)21-10-11-3-1-4-12(18)9-11/h1-9H,10H2,(H,19,20)/b8-7+. The number of hydrogen-bond donors (Lipinski definition) is 1. The molecule has 1 N–H and O–H groups in total. The molecule has 5 heteroatoms. The summed E-state index contributed by atoms with van der Waals surface area (Å²) < 4.78 is 18.7. The van der Waals surface area contributed by atoms with Crippen LogP contribution in [-0.4, -0.2) is 11.1 Å². The van der Waals surface area contributed by atoms with Crippen molar-refractivity contribution >= 4 is 23.6 Å². The molecule has 0 aliphatic rings. The first-order valence-electron chi connectivity index (χ1n) is 6.13. The summed E-state index contributed by atoms with van der Waals surface area (Å²) in [6.07, 6.45) is 2.35. The Kier molecular flexibility index (Phi) is 4.95. The third kappa shape index (κ3) is 4.33. The second kappa shape index (κ2) is 6.90. The van der Waals surface area contributed by atoms with Gasteiger partial charge in [-0.2, -0.15) is 0 Å². The number of carbonyl (C=O) groups is 1. The van der Waals surface area contributed by atoms with Crippen LogP contribution in [-0.2, 0) is 11.4 Å². The SMILES string of the molecule is O=C(O)/C=C/c1c(Cl)cccc1OCc1cccc(F)c1. The van der Waals surface area contributed by atoms with Gasteiger partial charge in [0.2, 0.25) is 0 Å². The summed E-state index contributed by atoms with van der Waals surface area (Å²) in [5, 5.41) is 9.06. The largest absolute Gasteiger partial charge is 0.488 e. The third-order valence-electron chi connectivity index (χ3n) is 2.69. The molecule has 0 bridgehead atoms. The van der Waals surface area contributed by atoms with Gasteiger partial charge in [0.1, 0.15) is 18.2 Å². The van der Waals surface area contributed by atoms with Crippen LogP contribution < -0.4 is 4.74 Å². The number of hydrogen-bond acceptors (Lipinski definition) is 2. The summed E-state index contributed by atoms with van der Waals surface area (Å²) in [7, 11) is 0. The zero-order chi connectivity index (χ0) is 15.2. The van der Waals surface area contributed by atoms with Gasteiger partial charge in [0.05, 0.1) is 5.02 Å². The second-order valence-electron chi connectivity index (χ2n) is 4.24. The number of benzene rings is 2. The molecule has 0 heterocycles. The summed E-state index contributed by atoms with van der Waals surface area (Å²) in [6, 6.07) is 11.1. The molecule has 0 unspecified atom stereocenters. The normalized spacial score (nSPS) is 10.8. The minimum absolute atomic E-state index is 0.159. The van der Waals surface area contributed by atoms with Crippen molar-refractivity contribution in [2.45, 2.75) is 6.61 Å². The molecule has 0 saturated heterocycles. The lowest BCUT2D eigenvalue weighted by Gasteiger charge is -2.10. The summed E-state index contributed by atoms with van der Waals surface area (Å²) in [5.74, 6) is -0.983. The molecule has 21 heavy (non-hydrogen) atoms. The quantitative estimate of drug-likeness (QED) is 0.844. The third-order valence-corrected chi connectivity index (χ3v) is 3.02. The fraction of sp³-hybridized carbons (Fsp3) is 0.0625. The Morgan fingerprint density at radius 3 is 2.76 bits per heavy atom. The Labute approximate surface area is 126 Å². The topological polar surface area (TPSA) is 46.5 Å². The molecule has 2 rings (SSSR count). The Balaban J connectivity index is 2.20. The van der Waals surface area contributed by atoms with E-state index in [1.165, 1.54) is 18.2 Å². The number of carboxylic acid groups (broad SMARTS) is 1. The first-order chi connectivity index (χ1) is 10.1. The van der Waals surface area contributed by atoms with Gasteiger partial charge in [-0.15, -0.1) is 0 Å². The van der Waals surface area contributed by atoms with E-state index in [-0.39, 0.29) is 12.4 Å². The molecule has 0 aliphatic carbocycles. The predicted molar refractivity (Wildman–Crippen MR) is 78.9 cm³/mol. The van der Waals surface area contributed by atoms with E-state index < -0.39 is 5.97 Å². The number of ether oxygens (including phenoxy) is 1. The Morgan fingerprint density at radius 1 is 1.29 bits per heavy atom. The Hall–Kier alpha value is -2.33. The molecule has 0 amide bonds. The van der Waals surface area contributed by atoms with Gasteiger partial charge in [-0.05, 0) is 35.9 Å². The van der Waals surface area contributed by atoms with Gasteiger partial charge in [0.15, 0.2) is 0 Å². The molecule has 0 atom stereocenters. The fourth-order valence-corrected chi connectivity index (χ4v) is 1.98. The fourth-order valence-electron chi connectivity index (χ4n) is 1.75. The maximum absolute atomic E-state index is 13.1. The van der Waals surface area contributed by atoms with E-state index in [1.54, 1.807) is 30.3 Å². The van der Waals surface area contributed by atoms with Crippen LogP contribution in [0, 0.1) is 5.82 Å². The van der Waals surface area contributed by atoms with E-state index in [0.717, 1.165) is 6.08 Å². The molecule has 0 fully saturated rings. The molecular formula is C16H12ClFO3. The lowest BCUT2D eigenvalue weighted by molar-refractivity contribution is -0.131. The summed E-state index contributed by atoms with van der Waals surface area (Å²) in [5.41, 5.74) is 1.14. The average Bonchev–Trinajstić information content (AvgIpc) is 2.44. The molecular weight excluding hydrogens is 295 g/mol. The van der Waals surface area contributed by atoms with E-state index in [9.17, 15) is 9.18 Å². The van der Waals surface area contributed by atoms with Crippen molar-refractivity contribution in [2.24, 2.45) is 0 Å². The maximum atomic E-state index is 13.1. The second-order valence-corrected chi connectivity index (χ2v) is 4.65. The van der Waals surface area contributed by atoms with Gasteiger partial charge >= 0.3 is 5.97 Å². The van der Waals surface area contributed by atoms with Crippen molar-refractivity contribution in [3.63, 3.8) is 0 Å². The number of halogens is 2. The van der Waals surface area contributed by atoms with Crippen LogP contribution in [0.4, 0.5) is 4.39 Å². The van der Waals surface area contributed by atoms with Crippen LogP contribution in [0.3, 0.4) is 0 Å². The van der Waals surface area contributed by atoms with Gasteiger partial charge in [0, 0.05) is 11.6 Å². The van der Waals surface area contributed by atoms with Gasteiger partial charge in [-0.1, -0.05) is 29.8 Å². The Bertz CT molecular complexity index is 683. The van der Waals surface area contributed by atoms with Gasteiger partial charge in [-0.25, -0.2) is 9.18 Å². The van der Waals surface area contributed by atoms with Crippen LogP contribution in [0.5, 0.6) is 5.75 Å². The van der Waals surface area contributed by atoms with E-state index in [0.29, 0.717) is 21.9 Å². The van der Waals surface area contributed by atoms with Crippen molar-refractivity contribution in [1.82, 2.24) is 0 Å². The molecule has 0 aliphatic heterocycles. The summed E-state index contributed by atoms with van der Waals surface area (Å²) >= 11 is 6.04. The average molecular weight is 307 g/mol. The minimum Gasteiger partial charge on any atom is -0.488 e.